The second kappa shape index (κ2) is 8.91. The number of likely N-dealkylation sites (N-methyl/N-ethyl adjacent to an activating group) is 1. The molecule has 2 aromatic carbocycles. The lowest BCUT2D eigenvalue weighted by Gasteiger charge is -2.34. The van der Waals surface area contributed by atoms with E-state index < -0.39 is 0 Å². The van der Waals surface area contributed by atoms with Crippen molar-refractivity contribution in [2.45, 2.75) is 43.8 Å². The van der Waals surface area contributed by atoms with Gasteiger partial charge in [-0.2, -0.15) is 9.97 Å². The first-order valence-electron chi connectivity index (χ1n) is 13.0. The topological polar surface area (TPSA) is 69.3 Å². The van der Waals surface area contributed by atoms with Crippen molar-refractivity contribution in [2.24, 2.45) is 0 Å². The van der Waals surface area contributed by atoms with E-state index >= 15 is 0 Å². The Labute approximate surface area is 215 Å². The number of halogens is 1. The number of hydrogen-bond donors (Lipinski definition) is 2. The zero-order valence-corrected chi connectivity index (χ0v) is 21.3. The monoisotopic (exact) mass is 502 g/mol. The molecule has 0 spiro atoms. The molecule has 8 heteroatoms. The van der Waals surface area contributed by atoms with E-state index in [0.29, 0.717) is 30.7 Å². The van der Waals surface area contributed by atoms with Gasteiger partial charge in [0.2, 0.25) is 0 Å². The molecule has 0 unspecified atom stereocenters. The maximum absolute atomic E-state index is 6.59. The molecule has 3 aliphatic rings. The Morgan fingerprint density at radius 3 is 2.75 bits per heavy atom. The molecule has 2 N–H and O–H groups in total. The Morgan fingerprint density at radius 2 is 1.94 bits per heavy atom. The van der Waals surface area contributed by atoms with Crippen LogP contribution in [-0.2, 0) is 0 Å². The van der Waals surface area contributed by atoms with Gasteiger partial charge in [0, 0.05) is 59.3 Å². The van der Waals surface area contributed by atoms with Gasteiger partial charge in [-0.3, -0.25) is 0 Å². The highest BCUT2D eigenvalue weighted by Gasteiger charge is 2.34. The number of H-pyrrole nitrogens is 1. The first-order valence-corrected chi connectivity index (χ1v) is 13.4. The molecule has 5 heterocycles. The summed E-state index contributed by atoms with van der Waals surface area (Å²) in [6.07, 6.45) is 6.86. The molecule has 7 rings (SSSR count). The Kier molecular flexibility index (Phi) is 5.53. The number of fused-ring (bicyclic) bond motifs is 4. The number of hydrogen-bond acceptors (Lipinski definition) is 6. The van der Waals surface area contributed by atoms with Gasteiger partial charge in [-0.25, -0.2) is 0 Å². The number of rotatable bonds is 5. The molecule has 3 atom stereocenters. The zero-order valence-electron chi connectivity index (χ0n) is 20.5. The lowest BCUT2D eigenvalue weighted by molar-refractivity contribution is 0.188. The smallest absolute Gasteiger partial charge is 0.319 e. The van der Waals surface area contributed by atoms with Crippen LogP contribution in [0.15, 0.2) is 42.6 Å². The van der Waals surface area contributed by atoms with Crippen LogP contribution in [0.5, 0.6) is 6.01 Å². The van der Waals surface area contributed by atoms with Gasteiger partial charge >= 0.3 is 6.01 Å². The second-order valence-corrected chi connectivity index (χ2v) is 11.0. The highest BCUT2D eigenvalue weighted by molar-refractivity contribution is 6.36. The number of ether oxygens (including phenoxy) is 1. The fourth-order valence-corrected chi connectivity index (χ4v) is 6.54. The molecule has 3 fully saturated rings. The fraction of sp³-hybridized carbons (Fsp3) is 0.429. The Bertz CT molecular complexity index is 1420. The number of anilines is 1. The lowest BCUT2D eigenvalue weighted by atomic mass is 10.0. The van der Waals surface area contributed by atoms with Crippen LogP contribution in [0.25, 0.3) is 32.9 Å². The summed E-state index contributed by atoms with van der Waals surface area (Å²) in [7, 11) is 2.17. The number of aromatic amines is 1. The van der Waals surface area contributed by atoms with E-state index in [4.69, 9.17) is 26.3 Å². The highest BCUT2D eigenvalue weighted by atomic mass is 35.5. The summed E-state index contributed by atoms with van der Waals surface area (Å²) < 4.78 is 6.26. The number of benzene rings is 2. The molecule has 2 aromatic heterocycles. The van der Waals surface area contributed by atoms with Gasteiger partial charge in [0.15, 0.2) is 0 Å². The number of nitrogens with one attached hydrogen (secondary N) is 2. The first kappa shape index (κ1) is 22.3. The van der Waals surface area contributed by atoms with Crippen molar-refractivity contribution in [3.05, 3.63) is 47.6 Å². The first-order chi connectivity index (χ1) is 17.6. The van der Waals surface area contributed by atoms with Gasteiger partial charge in [0.05, 0.1) is 10.5 Å². The SMILES string of the molecule is CN1CCC[C@H]1COc1nc(N2C[C@H]3CC[C@@H](C2)N3)c2ccc(-c3c[nH]c4cccc(Cl)c34)cc2n1. The molecule has 3 saturated heterocycles. The normalized spacial score (nSPS) is 24.3. The van der Waals surface area contributed by atoms with Crippen LogP contribution < -0.4 is 15.0 Å². The third-order valence-corrected chi connectivity index (χ3v) is 8.53. The number of aromatic nitrogens is 3. The van der Waals surface area contributed by atoms with Crippen LogP contribution in [0, 0.1) is 0 Å². The van der Waals surface area contributed by atoms with E-state index in [0.717, 1.165) is 69.8 Å². The largest absolute Gasteiger partial charge is 0.462 e. The number of likely N-dealkylation sites (tertiary alicyclic amines) is 1. The molecule has 0 aliphatic carbocycles. The molecule has 2 bridgehead atoms. The summed E-state index contributed by atoms with van der Waals surface area (Å²) in [6.45, 7) is 3.67. The van der Waals surface area contributed by atoms with Gasteiger partial charge in [0.25, 0.3) is 0 Å². The van der Waals surface area contributed by atoms with Crippen LogP contribution in [0.3, 0.4) is 0 Å². The van der Waals surface area contributed by atoms with Crippen molar-refractivity contribution < 1.29 is 4.74 Å². The molecular formula is C28H31ClN6O. The van der Waals surface area contributed by atoms with E-state index in [2.05, 4.69) is 51.4 Å². The molecule has 4 aromatic rings. The predicted octanol–water partition coefficient (Wildman–Crippen LogP) is 4.85. The van der Waals surface area contributed by atoms with Crippen LogP contribution >= 0.6 is 11.6 Å². The average Bonchev–Trinajstić information content (AvgIpc) is 3.60. The van der Waals surface area contributed by atoms with Crippen molar-refractivity contribution in [2.75, 3.05) is 38.2 Å². The fourth-order valence-electron chi connectivity index (χ4n) is 6.26. The van der Waals surface area contributed by atoms with Gasteiger partial charge in [0.1, 0.15) is 12.4 Å². The number of piperazine rings is 1. The van der Waals surface area contributed by atoms with E-state index in [1.54, 1.807) is 0 Å². The lowest BCUT2D eigenvalue weighted by Crippen LogP contribution is -2.51. The Hall–Kier alpha value is -2.87. The molecule has 3 aliphatic heterocycles. The van der Waals surface area contributed by atoms with E-state index in [1.807, 2.05) is 18.3 Å². The minimum absolute atomic E-state index is 0.419. The van der Waals surface area contributed by atoms with Crippen molar-refractivity contribution in [1.82, 2.24) is 25.2 Å². The maximum atomic E-state index is 6.59. The van der Waals surface area contributed by atoms with Crippen molar-refractivity contribution in [1.29, 1.82) is 0 Å². The van der Waals surface area contributed by atoms with Crippen molar-refractivity contribution in [3.63, 3.8) is 0 Å². The standard InChI is InChI=1S/C28H31ClN6O/c1-34-11-3-4-20(34)16-36-28-32-25-12-17(22-13-30-24-6-2-5-23(29)26(22)24)7-10-21(25)27(33-28)35-14-18-8-9-19(15-35)31-18/h2,5-7,10,12-13,18-20,30-31H,3-4,8-9,11,14-16H2,1H3/t18-,19+,20-/m0/s1. The molecule has 36 heavy (non-hydrogen) atoms. The van der Waals surface area contributed by atoms with E-state index in [1.165, 1.54) is 19.3 Å². The summed E-state index contributed by atoms with van der Waals surface area (Å²) in [5.41, 5.74) is 4.09. The van der Waals surface area contributed by atoms with Gasteiger partial charge < -0.3 is 24.8 Å². The maximum Gasteiger partial charge on any atom is 0.319 e. The molecular weight excluding hydrogens is 472 g/mol. The summed E-state index contributed by atoms with van der Waals surface area (Å²) >= 11 is 6.59. The van der Waals surface area contributed by atoms with Gasteiger partial charge in [-0.15, -0.1) is 0 Å². The van der Waals surface area contributed by atoms with Crippen LogP contribution in [-0.4, -0.2) is 71.3 Å². The van der Waals surface area contributed by atoms with Gasteiger partial charge in [-0.1, -0.05) is 23.7 Å². The molecule has 0 radical (unpaired) electrons. The summed E-state index contributed by atoms with van der Waals surface area (Å²) in [5, 5.41) is 6.58. The Balaban J connectivity index is 1.30. The minimum Gasteiger partial charge on any atom is -0.462 e. The van der Waals surface area contributed by atoms with Crippen LogP contribution in [0.4, 0.5) is 5.82 Å². The van der Waals surface area contributed by atoms with Crippen LogP contribution in [0.2, 0.25) is 5.02 Å². The Morgan fingerprint density at radius 1 is 1.08 bits per heavy atom. The average molecular weight is 503 g/mol. The molecule has 186 valence electrons. The van der Waals surface area contributed by atoms with Gasteiger partial charge in [-0.05, 0) is 69.1 Å². The van der Waals surface area contributed by atoms with Crippen LogP contribution in [0.1, 0.15) is 25.7 Å². The third kappa shape index (κ3) is 3.90. The second-order valence-electron chi connectivity index (χ2n) is 10.6. The highest BCUT2D eigenvalue weighted by Crippen LogP contribution is 2.37. The quantitative estimate of drug-likeness (QED) is 0.407. The number of nitrogens with zero attached hydrogens (tertiary/aromatic N) is 4. The van der Waals surface area contributed by atoms with Crippen molar-refractivity contribution >= 4 is 39.2 Å². The minimum atomic E-state index is 0.419. The van der Waals surface area contributed by atoms with E-state index in [9.17, 15) is 0 Å². The molecule has 0 amide bonds. The summed E-state index contributed by atoms with van der Waals surface area (Å²) in [5.74, 6) is 0.983. The predicted molar refractivity (Wildman–Crippen MR) is 145 cm³/mol. The zero-order chi connectivity index (χ0) is 24.2. The third-order valence-electron chi connectivity index (χ3n) is 8.21. The summed E-state index contributed by atoms with van der Waals surface area (Å²) in [6, 6.07) is 14.4. The summed E-state index contributed by atoms with van der Waals surface area (Å²) in [4.78, 5) is 18.0. The molecule has 7 nitrogen and oxygen atoms in total. The van der Waals surface area contributed by atoms with E-state index in [-0.39, 0.29) is 0 Å². The molecule has 0 saturated carbocycles. The van der Waals surface area contributed by atoms with Crippen molar-refractivity contribution in [3.8, 4) is 17.1 Å².